The maximum atomic E-state index is 9.28. The van der Waals surface area contributed by atoms with Crippen molar-refractivity contribution < 1.29 is 5.11 Å². The Bertz CT molecular complexity index is 354. The van der Waals surface area contributed by atoms with Gasteiger partial charge in [0.05, 0.1) is 13.2 Å². The van der Waals surface area contributed by atoms with E-state index in [4.69, 9.17) is 0 Å². The molecule has 1 aromatic heterocycles. The Morgan fingerprint density at radius 3 is 2.71 bits per heavy atom. The summed E-state index contributed by atoms with van der Waals surface area (Å²) < 4.78 is 0. The third kappa shape index (κ3) is 3.21. The lowest BCUT2D eigenvalue weighted by Crippen LogP contribution is -2.52. The van der Waals surface area contributed by atoms with E-state index in [0.717, 1.165) is 37.6 Å². The van der Waals surface area contributed by atoms with Crippen LogP contribution in [0.1, 0.15) is 11.4 Å². The van der Waals surface area contributed by atoms with E-state index in [2.05, 4.69) is 26.8 Å². The second-order valence-electron chi connectivity index (χ2n) is 4.73. The molecule has 5 nitrogen and oxygen atoms in total. The highest BCUT2D eigenvalue weighted by atomic mass is 16.3. The fourth-order valence-electron chi connectivity index (χ4n) is 2.05. The summed E-state index contributed by atoms with van der Waals surface area (Å²) in [6, 6.07) is 0.231. The van der Waals surface area contributed by atoms with Crippen molar-refractivity contribution >= 4 is 0 Å². The van der Waals surface area contributed by atoms with Crippen LogP contribution in [-0.2, 0) is 6.54 Å². The van der Waals surface area contributed by atoms with Gasteiger partial charge in [-0.3, -0.25) is 9.80 Å². The van der Waals surface area contributed by atoms with Gasteiger partial charge >= 0.3 is 0 Å². The molecule has 0 saturated carbocycles. The Balaban J connectivity index is 1.93. The quantitative estimate of drug-likeness (QED) is 0.794. The number of aliphatic hydroxyl groups excluding tert-OH is 1. The van der Waals surface area contributed by atoms with E-state index in [1.807, 2.05) is 19.3 Å². The number of rotatable bonds is 3. The highest BCUT2D eigenvalue weighted by Crippen LogP contribution is 2.09. The standard InChI is InChI=1S/C12H20N4O/c1-10-5-13-12(14-6-10)8-16-4-3-15(2)11(7-16)9-17/h5-6,11,17H,3-4,7-9H2,1-2H3. The molecule has 1 atom stereocenters. The molecule has 1 aliphatic rings. The SMILES string of the molecule is Cc1cnc(CN2CCN(C)C(CO)C2)nc1. The monoisotopic (exact) mass is 236 g/mol. The van der Waals surface area contributed by atoms with Crippen molar-refractivity contribution in [3.63, 3.8) is 0 Å². The minimum atomic E-state index is 0.210. The molecule has 94 valence electrons. The maximum Gasteiger partial charge on any atom is 0.142 e. The van der Waals surface area contributed by atoms with Crippen LogP contribution in [0.5, 0.6) is 0 Å². The molecule has 0 bridgehead atoms. The lowest BCUT2D eigenvalue weighted by atomic mass is 10.2. The molecular formula is C12H20N4O. The summed E-state index contributed by atoms with van der Waals surface area (Å²) in [4.78, 5) is 13.1. The Kier molecular flexibility index (Phi) is 4.04. The molecule has 1 saturated heterocycles. The average Bonchev–Trinajstić information content (AvgIpc) is 2.34. The molecule has 0 aromatic carbocycles. The largest absolute Gasteiger partial charge is 0.395 e. The van der Waals surface area contributed by atoms with Crippen molar-refractivity contribution in [2.45, 2.75) is 19.5 Å². The van der Waals surface area contributed by atoms with Gasteiger partial charge in [0.2, 0.25) is 0 Å². The Hall–Kier alpha value is -1.04. The molecule has 5 heteroatoms. The van der Waals surface area contributed by atoms with Gasteiger partial charge in [-0.25, -0.2) is 9.97 Å². The highest BCUT2D eigenvalue weighted by molar-refractivity contribution is 5.02. The summed E-state index contributed by atoms with van der Waals surface area (Å²) in [7, 11) is 2.06. The first-order valence-electron chi connectivity index (χ1n) is 6.00. The van der Waals surface area contributed by atoms with E-state index in [1.54, 1.807) is 0 Å². The van der Waals surface area contributed by atoms with Crippen LogP contribution in [0.3, 0.4) is 0 Å². The number of likely N-dealkylation sites (N-methyl/N-ethyl adjacent to an activating group) is 1. The first-order valence-corrected chi connectivity index (χ1v) is 6.00. The second kappa shape index (κ2) is 5.53. The predicted octanol–water partition coefficient (Wildman–Crippen LogP) is -0.107. The third-order valence-corrected chi connectivity index (χ3v) is 3.27. The van der Waals surface area contributed by atoms with Crippen LogP contribution in [0, 0.1) is 6.92 Å². The molecule has 2 rings (SSSR count). The van der Waals surface area contributed by atoms with Crippen LogP contribution in [0.2, 0.25) is 0 Å². The molecule has 0 radical (unpaired) electrons. The lowest BCUT2D eigenvalue weighted by Gasteiger charge is -2.38. The van der Waals surface area contributed by atoms with Crippen molar-refractivity contribution in [2.75, 3.05) is 33.3 Å². The van der Waals surface area contributed by atoms with Crippen LogP contribution in [0.15, 0.2) is 12.4 Å². The van der Waals surface area contributed by atoms with Gasteiger partial charge in [-0.1, -0.05) is 0 Å². The van der Waals surface area contributed by atoms with Crippen LogP contribution in [0.25, 0.3) is 0 Å². The summed E-state index contributed by atoms with van der Waals surface area (Å²) in [5.41, 5.74) is 1.08. The van der Waals surface area contributed by atoms with Gasteiger partial charge in [0.1, 0.15) is 5.82 Å². The Morgan fingerprint density at radius 1 is 1.35 bits per heavy atom. The molecular weight excluding hydrogens is 216 g/mol. The first-order chi connectivity index (χ1) is 8.19. The zero-order valence-corrected chi connectivity index (χ0v) is 10.5. The Labute approximate surface area is 102 Å². The maximum absolute atomic E-state index is 9.28. The lowest BCUT2D eigenvalue weighted by molar-refractivity contribution is 0.0527. The normalized spacial score (nSPS) is 22.9. The summed E-state index contributed by atoms with van der Waals surface area (Å²) in [5, 5.41) is 9.28. The molecule has 1 fully saturated rings. The van der Waals surface area contributed by atoms with Crippen LogP contribution in [-0.4, -0.2) is 64.2 Å². The molecule has 17 heavy (non-hydrogen) atoms. The van der Waals surface area contributed by atoms with Crippen LogP contribution in [0.4, 0.5) is 0 Å². The predicted molar refractivity (Wildman–Crippen MR) is 65.5 cm³/mol. The number of piperazine rings is 1. The molecule has 2 heterocycles. The van der Waals surface area contributed by atoms with Gasteiger partial charge in [0, 0.05) is 38.1 Å². The van der Waals surface area contributed by atoms with Crippen molar-refractivity contribution in [3.8, 4) is 0 Å². The van der Waals surface area contributed by atoms with Crippen molar-refractivity contribution in [3.05, 3.63) is 23.8 Å². The summed E-state index contributed by atoms with van der Waals surface area (Å²) in [6.07, 6.45) is 3.70. The van der Waals surface area contributed by atoms with Gasteiger partial charge in [0.15, 0.2) is 0 Å². The number of aryl methyl sites for hydroxylation is 1. The summed E-state index contributed by atoms with van der Waals surface area (Å²) >= 11 is 0. The fraction of sp³-hybridized carbons (Fsp3) is 0.667. The molecule has 0 spiro atoms. The van der Waals surface area contributed by atoms with E-state index in [0.29, 0.717) is 0 Å². The molecule has 1 aromatic rings. The molecule has 0 amide bonds. The topological polar surface area (TPSA) is 52.5 Å². The van der Waals surface area contributed by atoms with Crippen LogP contribution >= 0.6 is 0 Å². The van der Waals surface area contributed by atoms with Crippen molar-refractivity contribution in [1.82, 2.24) is 19.8 Å². The molecule has 0 aliphatic carbocycles. The fourth-order valence-corrected chi connectivity index (χ4v) is 2.05. The minimum Gasteiger partial charge on any atom is -0.395 e. The van der Waals surface area contributed by atoms with E-state index in [9.17, 15) is 5.11 Å². The smallest absolute Gasteiger partial charge is 0.142 e. The average molecular weight is 236 g/mol. The van der Waals surface area contributed by atoms with Gasteiger partial charge in [0.25, 0.3) is 0 Å². The molecule has 1 N–H and O–H groups in total. The van der Waals surface area contributed by atoms with E-state index in [-0.39, 0.29) is 12.6 Å². The summed E-state index contributed by atoms with van der Waals surface area (Å²) in [5.74, 6) is 0.858. The van der Waals surface area contributed by atoms with E-state index in [1.165, 1.54) is 0 Å². The number of nitrogens with zero attached hydrogens (tertiary/aromatic N) is 4. The Morgan fingerprint density at radius 2 is 2.06 bits per heavy atom. The zero-order chi connectivity index (χ0) is 12.3. The van der Waals surface area contributed by atoms with Gasteiger partial charge < -0.3 is 5.11 Å². The van der Waals surface area contributed by atoms with Crippen molar-refractivity contribution in [1.29, 1.82) is 0 Å². The van der Waals surface area contributed by atoms with Crippen molar-refractivity contribution in [2.24, 2.45) is 0 Å². The van der Waals surface area contributed by atoms with Crippen LogP contribution < -0.4 is 0 Å². The number of hydrogen-bond acceptors (Lipinski definition) is 5. The van der Waals surface area contributed by atoms with Gasteiger partial charge in [-0.05, 0) is 19.5 Å². The number of aromatic nitrogens is 2. The zero-order valence-electron chi connectivity index (χ0n) is 10.5. The van der Waals surface area contributed by atoms with E-state index < -0.39 is 0 Å². The summed E-state index contributed by atoms with van der Waals surface area (Å²) in [6.45, 7) is 5.83. The third-order valence-electron chi connectivity index (χ3n) is 3.27. The highest BCUT2D eigenvalue weighted by Gasteiger charge is 2.23. The van der Waals surface area contributed by atoms with Gasteiger partial charge in [-0.2, -0.15) is 0 Å². The molecule has 1 aliphatic heterocycles. The van der Waals surface area contributed by atoms with Gasteiger partial charge in [-0.15, -0.1) is 0 Å². The minimum absolute atomic E-state index is 0.210. The number of hydrogen-bond donors (Lipinski definition) is 1. The second-order valence-corrected chi connectivity index (χ2v) is 4.73. The first kappa shape index (κ1) is 12.4. The van der Waals surface area contributed by atoms with E-state index >= 15 is 0 Å². The molecule has 1 unspecified atom stereocenters. The number of aliphatic hydroxyl groups is 1.